The first-order valence-corrected chi connectivity index (χ1v) is 11.8. The van der Waals surface area contributed by atoms with Gasteiger partial charge < -0.3 is 28.4 Å². The van der Waals surface area contributed by atoms with Crippen molar-refractivity contribution in [1.82, 2.24) is 0 Å². The summed E-state index contributed by atoms with van der Waals surface area (Å²) in [7, 11) is 11.7. The molecule has 3 aliphatic carbocycles. The van der Waals surface area contributed by atoms with Crippen LogP contribution in [0.15, 0.2) is 59.9 Å². The van der Waals surface area contributed by atoms with E-state index in [1.54, 1.807) is 49.8 Å². The number of rotatable bonds is 7. The van der Waals surface area contributed by atoms with Crippen LogP contribution in [0, 0.1) is 12.8 Å². The molecule has 198 valence electrons. The van der Waals surface area contributed by atoms with E-state index in [0.717, 1.165) is 40.7 Å². The second kappa shape index (κ2) is 14.1. The van der Waals surface area contributed by atoms with E-state index in [1.165, 1.54) is 22.3 Å². The monoisotopic (exact) mass is 506 g/mol. The third-order valence-corrected chi connectivity index (χ3v) is 6.29. The maximum Gasteiger partial charge on any atom is 0.126 e. The first-order chi connectivity index (χ1) is 18.0. The normalized spacial score (nSPS) is 17.0. The zero-order chi connectivity index (χ0) is 27.5. The van der Waals surface area contributed by atoms with Crippen molar-refractivity contribution in [3.8, 4) is 35.8 Å². The van der Waals surface area contributed by atoms with Crippen molar-refractivity contribution in [1.29, 1.82) is 0 Å². The van der Waals surface area contributed by atoms with Gasteiger partial charge in [0, 0.05) is 49.3 Å². The number of hydrogen-bond donors (Lipinski definition) is 0. The lowest BCUT2D eigenvalue weighted by atomic mass is 9.72. The molecule has 2 bridgehead atoms. The van der Waals surface area contributed by atoms with E-state index in [9.17, 15) is 0 Å². The van der Waals surface area contributed by atoms with Crippen LogP contribution in [-0.2, 0) is 9.47 Å². The van der Waals surface area contributed by atoms with Crippen LogP contribution in [0.1, 0.15) is 47.4 Å². The summed E-state index contributed by atoms with van der Waals surface area (Å²) in [5.74, 6) is 4.10. The van der Waals surface area contributed by atoms with Crippen LogP contribution in [0.25, 0.3) is 0 Å². The summed E-state index contributed by atoms with van der Waals surface area (Å²) in [4.78, 5) is 0. The Morgan fingerprint density at radius 2 is 1.32 bits per heavy atom. The second-order valence-electron chi connectivity index (χ2n) is 8.30. The molecule has 0 spiro atoms. The molecule has 3 aliphatic rings. The fourth-order valence-electron chi connectivity index (χ4n) is 4.91. The molecule has 0 aromatic heterocycles. The van der Waals surface area contributed by atoms with Crippen LogP contribution in [-0.4, -0.2) is 49.8 Å². The Kier molecular flexibility index (Phi) is 11.2. The Labute approximate surface area is 221 Å². The van der Waals surface area contributed by atoms with Gasteiger partial charge in [0.2, 0.25) is 0 Å². The van der Waals surface area contributed by atoms with Crippen LogP contribution < -0.4 is 18.9 Å². The van der Waals surface area contributed by atoms with Gasteiger partial charge in [-0.3, -0.25) is 0 Å². The average Bonchev–Trinajstić information content (AvgIpc) is 3.19. The molecule has 6 heteroatoms. The standard InChI is InChI=1S/C27H30O5.C2H6O.C2H2/c1-7-8-17(28-2)9-16-10-20-22-12-18(29-3)14-24(31-5)26(22)21(11-16)23-13-19(30-4)15-25(32-6)27(20)23;1-3-2;1-2/h7-10,12-15,20-21H,11H2,1-6H3;1-2H3;1-2H/b8-7-,17-9+;;. The summed E-state index contributed by atoms with van der Waals surface area (Å²) in [5.41, 5.74) is 5.92. The van der Waals surface area contributed by atoms with E-state index in [1.807, 2.05) is 31.2 Å². The van der Waals surface area contributed by atoms with Crippen molar-refractivity contribution in [3.05, 3.63) is 82.2 Å². The van der Waals surface area contributed by atoms with E-state index >= 15 is 0 Å². The highest BCUT2D eigenvalue weighted by atomic mass is 16.5. The Balaban J connectivity index is 0.000000898. The molecule has 6 nitrogen and oxygen atoms in total. The molecule has 0 amide bonds. The van der Waals surface area contributed by atoms with Gasteiger partial charge in [-0.2, -0.15) is 0 Å². The molecule has 0 N–H and O–H groups in total. The molecular weight excluding hydrogens is 468 g/mol. The maximum atomic E-state index is 5.85. The molecule has 2 unspecified atom stereocenters. The second-order valence-corrected chi connectivity index (χ2v) is 8.30. The van der Waals surface area contributed by atoms with Crippen molar-refractivity contribution >= 4 is 0 Å². The van der Waals surface area contributed by atoms with Gasteiger partial charge in [-0.25, -0.2) is 0 Å². The molecule has 0 saturated carbocycles. The Morgan fingerprint density at radius 3 is 1.81 bits per heavy atom. The Bertz CT molecular complexity index is 1170. The molecule has 5 rings (SSSR count). The van der Waals surface area contributed by atoms with Crippen molar-refractivity contribution < 1.29 is 28.4 Å². The van der Waals surface area contributed by atoms with Gasteiger partial charge in [-0.1, -0.05) is 12.2 Å². The number of allylic oxidation sites excluding steroid dienone is 5. The summed E-state index contributed by atoms with van der Waals surface area (Å²) >= 11 is 0. The molecule has 2 aromatic carbocycles. The van der Waals surface area contributed by atoms with Gasteiger partial charge in [0.15, 0.2) is 0 Å². The highest BCUT2D eigenvalue weighted by Crippen LogP contribution is 2.56. The quantitative estimate of drug-likeness (QED) is 0.251. The molecule has 0 saturated heterocycles. The number of benzene rings is 2. The summed E-state index contributed by atoms with van der Waals surface area (Å²) < 4.78 is 32.7. The molecule has 0 radical (unpaired) electrons. The summed E-state index contributed by atoms with van der Waals surface area (Å²) in [6.45, 7) is 1.98. The molecule has 37 heavy (non-hydrogen) atoms. The van der Waals surface area contributed by atoms with Crippen LogP contribution >= 0.6 is 0 Å². The first kappa shape index (κ1) is 29.4. The van der Waals surface area contributed by atoms with Gasteiger partial charge in [-0.05, 0) is 54.3 Å². The summed E-state index contributed by atoms with van der Waals surface area (Å²) in [5, 5.41) is 0. The van der Waals surface area contributed by atoms with Gasteiger partial charge in [0.25, 0.3) is 0 Å². The minimum absolute atomic E-state index is 0.0152. The molecule has 0 heterocycles. The summed E-state index contributed by atoms with van der Waals surface area (Å²) in [6, 6.07) is 8.17. The van der Waals surface area contributed by atoms with Gasteiger partial charge in [0.05, 0.1) is 35.5 Å². The van der Waals surface area contributed by atoms with E-state index in [2.05, 4.69) is 41.9 Å². The predicted molar refractivity (Wildman–Crippen MR) is 148 cm³/mol. The first-order valence-electron chi connectivity index (χ1n) is 11.8. The van der Waals surface area contributed by atoms with Crippen LogP contribution in [0.5, 0.6) is 23.0 Å². The van der Waals surface area contributed by atoms with E-state index < -0.39 is 0 Å². The molecule has 0 fully saturated rings. The number of terminal acetylenes is 1. The zero-order valence-electron chi connectivity index (χ0n) is 23.1. The van der Waals surface area contributed by atoms with Crippen LogP contribution in [0.4, 0.5) is 0 Å². The third kappa shape index (κ3) is 6.12. The van der Waals surface area contributed by atoms with Crippen molar-refractivity contribution in [2.75, 3.05) is 49.8 Å². The zero-order valence-corrected chi connectivity index (χ0v) is 23.1. The number of ether oxygens (including phenoxy) is 6. The maximum absolute atomic E-state index is 5.85. The molecular formula is C31H38O6. The lowest BCUT2D eigenvalue weighted by molar-refractivity contribution is 0.277. The number of fused-ring (bicyclic) bond motifs is 1. The highest BCUT2D eigenvalue weighted by Gasteiger charge is 2.39. The largest absolute Gasteiger partial charge is 0.497 e. The van der Waals surface area contributed by atoms with Gasteiger partial charge in [0.1, 0.15) is 28.8 Å². The smallest absolute Gasteiger partial charge is 0.126 e. The summed E-state index contributed by atoms with van der Waals surface area (Å²) in [6.07, 6.45) is 17.2. The van der Waals surface area contributed by atoms with Crippen molar-refractivity contribution in [3.63, 3.8) is 0 Å². The third-order valence-electron chi connectivity index (χ3n) is 6.29. The molecule has 2 atom stereocenters. The lowest BCUT2D eigenvalue weighted by Crippen LogP contribution is -2.17. The number of hydrogen-bond acceptors (Lipinski definition) is 6. The average molecular weight is 507 g/mol. The van der Waals surface area contributed by atoms with Crippen molar-refractivity contribution in [2.45, 2.75) is 25.2 Å². The van der Waals surface area contributed by atoms with Crippen molar-refractivity contribution in [2.24, 2.45) is 0 Å². The minimum Gasteiger partial charge on any atom is -0.497 e. The molecule has 0 aliphatic heterocycles. The van der Waals surface area contributed by atoms with Crippen LogP contribution in [0.3, 0.4) is 0 Å². The lowest BCUT2D eigenvalue weighted by Gasteiger charge is -2.33. The van der Waals surface area contributed by atoms with E-state index in [4.69, 9.17) is 23.7 Å². The van der Waals surface area contributed by atoms with E-state index in [0.29, 0.717) is 0 Å². The van der Waals surface area contributed by atoms with Crippen LogP contribution in [0.2, 0.25) is 0 Å². The SMILES string of the molecule is C#C.C/C=C\C(=C/C1=CC2c3cc(OC)cc(OC)c3C(C1)c1cc(OC)cc(OC)c12)OC.COC. The number of methoxy groups -OCH3 is 6. The van der Waals surface area contributed by atoms with E-state index in [-0.39, 0.29) is 11.8 Å². The Hall–Kier alpha value is -3.82. The minimum atomic E-state index is -0.0152. The van der Waals surface area contributed by atoms with Gasteiger partial charge in [-0.15, -0.1) is 12.8 Å². The fourth-order valence-corrected chi connectivity index (χ4v) is 4.91. The highest BCUT2D eigenvalue weighted by molar-refractivity contribution is 5.68. The fraction of sp³-hybridized carbons (Fsp3) is 0.355. The Morgan fingerprint density at radius 1 is 0.784 bits per heavy atom. The molecule has 2 aromatic rings. The predicted octanol–water partition coefficient (Wildman–Crippen LogP) is 6.25. The topological polar surface area (TPSA) is 55.4 Å². The van der Waals surface area contributed by atoms with Gasteiger partial charge >= 0.3 is 0 Å².